The van der Waals surface area contributed by atoms with E-state index >= 15 is 0 Å². The van der Waals surface area contributed by atoms with Gasteiger partial charge in [-0.05, 0) is 58.1 Å². The number of aromatic nitrogens is 2. The maximum atomic E-state index is 9.68. The van der Waals surface area contributed by atoms with Gasteiger partial charge in [0.1, 0.15) is 5.65 Å². The fraction of sp³-hybridized carbons (Fsp3) is 0.0385. The molecule has 0 aliphatic rings. The summed E-state index contributed by atoms with van der Waals surface area (Å²) in [6, 6.07) is 28.2. The van der Waals surface area contributed by atoms with E-state index in [4.69, 9.17) is 16.6 Å². The van der Waals surface area contributed by atoms with Crippen LogP contribution in [0.25, 0.3) is 39.2 Å². The highest BCUT2D eigenvalue weighted by Gasteiger charge is 2.08. The zero-order chi connectivity index (χ0) is 20.5. The summed E-state index contributed by atoms with van der Waals surface area (Å²) < 4.78 is 2.05. The third-order valence-corrected chi connectivity index (χ3v) is 5.54. The number of rotatable bonds is 4. The minimum Gasteiger partial charge on any atom is -0.392 e. The van der Waals surface area contributed by atoms with Crippen LogP contribution in [0.15, 0.2) is 97.3 Å². The molecule has 0 unspecified atom stereocenters. The van der Waals surface area contributed by atoms with Crippen molar-refractivity contribution in [2.24, 2.45) is 0 Å². The number of fused-ring (bicyclic) bond motifs is 1. The Hall–Kier alpha value is -3.40. The first-order valence-electron chi connectivity index (χ1n) is 9.75. The van der Waals surface area contributed by atoms with Crippen molar-refractivity contribution in [2.45, 2.75) is 6.61 Å². The van der Waals surface area contributed by atoms with Crippen molar-refractivity contribution in [3.05, 3.63) is 108 Å². The number of aliphatic hydroxyl groups is 1. The summed E-state index contributed by atoms with van der Waals surface area (Å²) in [6.45, 7) is 0.0227. The first-order chi connectivity index (χ1) is 14.7. The van der Waals surface area contributed by atoms with E-state index in [9.17, 15) is 5.11 Å². The van der Waals surface area contributed by atoms with Crippen LogP contribution in [0.2, 0.25) is 5.02 Å². The third-order valence-electron chi connectivity index (χ3n) is 5.29. The number of hydrogen-bond donors (Lipinski definition) is 1. The van der Waals surface area contributed by atoms with Gasteiger partial charge in [-0.2, -0.15) is 0 Å². The molecular weight excluding hydrogens is 392 g/mol. The van der Waals surface area contributed by atoms with Gasteiger partial charge in [-0.15, -0.1) is 0 Å². The number of hydrogen-bond acceptors (Lipinski definition) is 2. The Morgan fingerprint density at radius 3 is 2.33 bits per heavy atom. The lowest BCUT2D eigenvalue weighted by Crippen LogP contribution is -1.90. The molecule has 0 aliphatic heterocycles. The minimum absolute atomic E-state index is 0.0227. The molecule has 1 N–H and O–H groups in total. The van der Waals surface area contributed by atoms with Gasteiger partial charge in [0.05, 0.1) is 12.3 Å². The van der Waals surface area contributed by atoms with E-state index in [0.717, 1.165) is 44.7 Å². The van der Waals surface area contributed by atoms with Crippen molar-refractivity contribution in [1.82, 2.24) is 9.38 Å². The van der Waals surface area contributed by atoms with Crippen LogP contribution in [-0.4, -0.2) is 14.5 Å². The highest BCUT2D eigenvalue weighted by Crippen LogP contribution is 2.29. The van der Waals surface area contributed by atoms with Crippen LogP contribution in [0.1, 0.15) is 5.56 Å². The van der Waals surface area contributed by atoms with Crippen LogP contribution in [0, 0.1) is 0 Å². The van der Waals surface area contributed by atoms with Gasteiger partial charge in [0.15, 0.2) is 0 Å². The standard InChI is InChI=1S/C26H19ClN2O/c27-23-11-8-18(9-12-23)25-16-29-15-21(10-13-26(29)28-25)19-5-3-6-20(14-19)24-7-2-1-4-22(24)17-30/h1-16,30H,17H2. The summed E-state index contributed by atoms with van der Waals surface area (Å²) in [7, 11) is 0. The molecule has 0 radical (unpaired) electrons. The van der Waals surface area contributed by atoms with Crippen LogP contribution in [0.3, 0.4) is 0 Å². The van der Waals surface area contributed by atoms with E-state index in [1.54, 1.807) is 0 Å². The van der Waals surface area contributed by atoms with Gasteiger partial charge >= 0.3 is 0 Å². The monoisotopic (exact) mass is 410 g/mol. The molecule has 30 heavy (non-hydrogen) atoms. The van der Waals surface area contributed by atoms with E-state index in [1.165, 1.54) is 0 Å². The van der Waals surface area contributed by atoms with E-state index < -0.39 is 0 Å². The summed E-state index contributed by atoms with van der Waals surface area (Å²) >= 11 is 6.00. The zero-order valence-corrected chi connectivity index (χ0v) is 16.9. The Bertz CT molecular complexity index is 1340. The van der Waals surface area contributed by atoms with Gasteiger partial charge in [-0.25, -0.2) is 4.98 Å². The average Bonchev–Trinajstić information content (AvgIpc) is 3.23. The van der Waals surface area contributed by atoms with Crippen LogP contribution < -0.4 is 0 Å². The molecule has 0 aliphatic carbocycles. The molecule has 0 spiro atoms. The highest BCUT2D eigenvalue weighted by molar-refractivity contribution is 6.30. The number of benzene rings is 3. The Morgan fingerprint density at radius 2 is 1.50 bits per heavy atom. The Balaban J connectivity index is 1.54. The number of aliphatic hydroxyl groups excluding tert-OH is 1. The fourth-order valence-corrected chi connectivity index (χ4v) is 3.85. The summed E-state index contributed by atoms with van der Waals surface area (Å²) in [4.78, 5) is 4.73. The molecule has 5 aromatic rings. The second-order valence-electron chi connectivity index (χ2n) is 7.21. The molecule has 0 saturated heterocycles. The first-order valence-corrected chi connectivity index (χ1v) is 10.1. The molecule has 0 fully saturated rings. The maximum Gasteiger partial charge on any atom is 0.137 e. The van der Waals surface area contributed by atoms with E-state index in [1.807, 2.05) is 65.2 Å². The molecule has 0 saturated carbocycles. The second kappa shape index (κ2) is 7.79. The number of nitrogens with zero attached hydrogens (tertiary/aromatic N) is 2. The maximum absolute atomic E-state index is 9.68. The fourth-order valence-electron chi connectivity index (χ4n) is 3.73. The van der Waals surface area contributed by atoms with Crippen molar-refractivity contribution < 1.29 is 5.11 Å². The summed E-state index contributed by atoms with van der Waals surface area (Å²) in [5, 5.41) is 10.4. The second-order valence-corrected chi connectivity index (χ2v) is 7.65. The van der Waals surface area contributed by atoms with Gasteiger partial charge in [0.2, 0.25) is 0 Å². The molecule has 0 amide bonds. The smallest absolute Gasteiger partial charge is 0.137 e. The van der Waals surface area contributed by atoms with Crippen molar-refractivity contribution >= 4 is 17.2 Å². The summed E-state index contributed by atoms with van der Waals surface area (Å²) in [5.74, 6) is 0. The molecule has 4 heteroatoms. The van der Waals surface area contributed by atoms with Crippen LogP contribution in [0.4, 0.5) is 0 Å². The SMILES string of the molecule is OCc1ccccc1-c1cccc(-c2ccc3nc(-c4ccc(Cl)cc4)cn3c2)c1. The number of imidazole rings is 1. The van der Waals surface area contributed by atoms with Gasteiger partial charge in [-0.3, -0.25) is 0 Å². The molecule has 3 aromatic carbocycles. The van der Waals surface area contributed by atoms with E-state index in [-0.39, 0.29) is 6.61 Å². The first kappa shape index (κ1) is 18.6. The zero-order valence-electron chi connectivity index (χ0n) is 16.2. The molecular formula is C26H19ClN2O. The number of pyridine rings is 1. The predicted octanol–water partition coefficient (Wildman–Crippen LogP) is 6.48. The van der Waals surface area contributed by atoms with E-state index in [2.05, 4.69) is 36.5 Å². The lowest BCUT2D eigenvalue weighted by atomic mass is 9.96. The molecule has 2 aromatic heterocycles. The highest BCUT2D eigenvalue weighted by atomic mass is 35.5. The molecule has 5 rings (SSSR count). The molecule has 0 atom stereocenters. The molecule has 2 heterocycles. The third kappa shape index (κ3) is 3.50. The van der Waals surface area contributed by atoms with Gasteiger partial charge < -0.3 is 9.51 Å². The normalized spacial score (nSPS) is 11.1. The van der Waals surface area contributed by atoms with Crippen molar-refractivity contribution in [3.8, 4) is 33.5 Å². The number of halogens is 1. The van der Waals surface area contributed by atoms with Crippen LogP contribution in [0.5, 0.6) is 0 Å². The lowest BCUT2D eigenvalue weighted by Gasteiger charge is -2.10. The Kier molecular flexibility index (Phi) is 4.83. The van der Waals surface area contributed by atoms with Crippen molar-refractivity contribution in [1.29, 1.82) is 0 Å². The van der Waals surface area contributed by atoms with Gasteiger partial charge in [-0.1, -0.05) is 66.2 Å². The Labute approximate surface area is 179 Å². The predicted molar refractivity (Wildman–Crippen MR) is 122 cm³/mol. The molecule has 3 nitrogen and oxygen atoms in total. The van der Waals surface area contributed by atoms with Gasteiger partial charge in [0, 0.05) is 23.0 Å². The van der Waals surface area contributed by atoms with Crippen LogP contribution >= 0.6 is 11.6 Å². The molecule has 146 valence electrons. The largest absolute Gasteiger partial charge is 0.392 e. The quantitative estimate of drug-likeness (QED) is 0.368. The topological polar surface area (TPSA) is 37.5 Å². The summed E-state index contributed by atoms with van der Waals surface area (Å²) in [6.07, 6.45) is 4.13. The summed E-state index contributed by atoms with van der Waals surface area (Å²) in [5.41, 5.74) is 8.12. The minimum atomic E-state index is 0.0227. The van der Waals surface area contributed by atoms with Crippen molar-refractivity contribution in [3.63, 3.8) is 0 Å². The Morgan fingerprint density at radius 1 is 0.733 bits per heavy atom. The average molecular weight is 411 g/mol. The van der Waals surface area contributed by atoms with Crippen LogP contribution in [-0.2, 0) is 6.61 Å². The lowest BCUT2D eigenvalue weighted by molar-refractivity contribution is 0.282. The van der Waals surface area contributed by atoms with Crippen molar-refractivity contribution in [2.75, 3.05) is 0 Å². The van der Waals surface area contributed by atoms with Gasteiger partial charge in [0.25, 0.3) is 0 Å². The molecule has 0 bridgehead atoms. The van der Waals surface area contributed by atoms with E-state index in [0.29, 0.717) is 5.02 Å².